The van der Waals surface area contributed by atoms with Crippen LogP contribution in [-0.4, -0.2) is 21.9 Å². The minimum absolute atomic E-state index is 0.0700. The molecule has 0 spiro atoms. The Morgan fingerprint density at radius 1 is 0.893 bits per heavy atom. The third kappa shape index (κ3) is 3.17. The molecule has 0 saturated carbocycles. The Morgan fingerprint density at radius 2 is 1.46 bits per heavy atom. The Labute approximate surface area is 163 Å². The molecule has 1 heterocycles. The summed E-state index contributed by atoms with van der Waals surface area (Å²) in [6.45, 7) is 4.08. The number of carbonyl (C=O) groups excluding carboxylic acids is 2. The van der Waals surface area contributed by atoms with Crippen molar-refractivity contribution in [1.82, 2.24) is 0 Å². The van der Waals surface area contributed by atoms with Crippen LogP contribution in [0.2, 0.25) is 0 Å². The predicted molar refractivity (Wildman–Crippen MR) is 106 cm³/mol. The van der Waals surface area contributed by atoms with Crippen LogP contribution in [0.5, 0.6) is 11.5 Å². The van der Waals surface area contributed by atoms with Gasteiger partial charge in [-0.2, -0.15) is 0 Å². The lowest BCUT2D eigenvalue weighted by Gasteiger charge is -2.43. The van der Waals surface area contributed by atoms with Crippen LogP contribution in [0.1, 0.15) is 44.6 Å². The first-order chi connectivity index (χ1) is 13.2. The second-order valence-corrected chi connectivity index (χ2v) is 8.40. The second kappa shape index (κ2) is 6.51. The molecular formula is C23H23NO4. The molecule has 1 unspecified atom stereocenters. The van der Waals surface area contributed by atoms with Crippen LogP contribution >= 0.6 is 0 Å². The van der Waals surface area contributed by atoms with Crippen molar-refractivity contribution in [2.24, 2.45) is 5.41 Å². The first-order valence-corrected chi connectivity index (χ1v) is 9.42. The normalized spacial score (nSPS) is 21.6. The van der Waals surface area contributed by atoms with E-state index >= 15 is 0 Å². The van der Waals surface area contributed by atoms with Crippen LogP contribution in [-0.2, 0) is 9.59 Å². The molecule has 0 fully saturated rings. The van der Waals surface area contributed by atoms with Gasteiger partial charge in [-0.3, -0.25) is 14.5 Å². The lowest BCUT2D eigenvalue weighted by atomic mass is 9.69. The number of hydrogen-bond donors (Lipinski definition) is 2. The van der Waals surface area contributed by atoms with E-state index in [2.05, 4.69) is 0 Å². The van der Waals surface area contributed by atoms with Gasteiger partial charge in [0.2, 0.25) is 5.91 Å². The number of phenolic OH excluding ortho intramolecular Hbond substituents is 2. The van der Waals surface area contributed by atoms with E-state index in [4.69, 9.17) is 0 Å². The number of rotatable bonds is 2. The third-order valence-corrected chi connectivity index (χ3v) is 5.55. The fourth-order valence-corrected chi connectivity index (χ4v) is 4.31. The Balaban J connectivity index is 1.88. The van der Waals surface area contributed by atoms with Crippen molar-refractivity contribution < 1.29 is 19.8 Å². The Kier molecular flexibility index (Phi) is 4.26. The van der Waals surface area contributed by atoms with Gasteiger partial charge >= 0.3 is 0 Å². The van der Waals surface area contributed by atoms with Gasteiger partial charge in [0.1, 0.15) is 11.5 Å². The summed E-state index contributed by atoms with van der Waals surface area (Å²) in [5.74, 6) is -0.0278. The SMILES string of the molecule is CC1(C)CC(=O)C2=C(C1)N(c1ccc(O)cc1)C(=O)CC2c1ccc(O)cc1. The molecule has 0 aromatic heterocycles. The van der Waals surface area contributed by atoms with Crippen LogP contribution in [0.25, 0.3) is 0 Å². The summed E-state index contributed by atoms with van der Waals surface area (Å²) in [5, 5.41) is 19.2. The van der Waals surface area contributed by atoms with Gasteiger partial charge in [-0.1, -0.05) is 26.0 Å². The lowest BCUT2D eigenvalue weighted by molar-refractivity contribution is -0.121. The number of ketones is 1. The Hall–Kier alpha value is -3.08. The van der Waals surface area contributed by atoms with Crippen molar-refractivity contribution in [2.75, 3.05) is 4.90 Å². The molecule has 1 aliphatic heterocycles. The Bertz CT molecular complexity index is 971. The maximum Gasteiger partial charge on any atom is 0.232 e. The molecule has 5 heteroatoms. The van der Waals surface area contributed by atoms with Crippen LogP contribution in [0.4, 0.5) is 5.69 Å². The molecule has 2 aromatic carbocycles. The van der Waals surface area contributed by atoms with E-state index < -0.39 is 0 Å². The zero-order chi connectivity index (χ0) is 20.1. The number of carbonyl (C=O) groups is 2. The summed E-state index contributed by atoms with van der Waals surface area (Å²) in [7, 11) is 0. The maximum absolute atomic E-state index is 13.2. The van der Waals surface area contributed by atoms with Crippen LogP contribution in [0, 0.1) is 5.41 Å². The van der Waals surface area contributed by atoms with E-state index in [1.54, 1.807) is 53.4 Å². The third-order valence-electron chi connectivity index (χ3n) is 5.55. The first-order valence-electron chi connectivity index (χ1n) is 9.42. The molecule has 2 aromatic rings. The van der Waals surface area contributed by atoms with Crippen molar-refractivity contribution in [1.29, 1.82) is 0 Å². The summed E-state index contributed by atoms with van der Waals surface area (Å²) in [5.41, 5.74) is 2.73. The summed E-state index contributed by atoms with van der Waals surface area (Å²) in [4.78, 5) is 28.0. The number of amides is 1. The summed E-state index contributed by atoms with van der Waals surface area (Å²) in [6.07, 6.45) is 1.25. The van der Waals surface area contributed by atoms with E-state index in [0.29, 0.717) is 24.1 Å². The molecule has 1 aliphatic carbocycles. The number of benzene rings is 2. The molecule has 2 aliphatic rings. The molecule has 1 amide bonds. The number of aromatic hydroxyl groups is 2. The van der Waals surface area contributed by atoms with Crippen molar-refractivity contribution in [3.05, 3.63) is 65.4 Å². The number of phenols is 2. The molecule has 4 rings (SSSR count). The van der Waals surface area contributed by atoms with Gasteiger partial charge in [-0.05, 0) is 53.8 Å². The van der Waals surface area contributed by atoms with Gasteiger partial charge in [0.25, 0.3) is 0 Å². The van der Waals surface area contributed by atoms with Crippen LogP contribution in [0.3, 0.4) is 0 Å². The zero-order valence-electron chi connectivity index (χ0n) is 16.0. The number of Topliss-reactive ketones (excluding diaryl/α,β-unsaturated/α-hetero) is 1. The van der Waals surface area contributed by atoms with Gasteiger partial charge in [0, 0.05) is 35.7 Å². The highest BCUT2D eigenvalue weighted by Crippen LogP contribution is 2.48. The molecule has 0 saturated heterocycles. The van der Waals surface area contributed by atoms with E-state index in [9.17, 15) is 19.8 Å². The maximum atomic E-state index is 13.2. The summed E-state index contributed by atoms with van der Waals surface area (Å²) in [6, 6.07) is 13.2. The van der Waals surface area contributed by atoms with Gasteiger partial charge in [-0.25, -0.2) is 0 Å². The molecule has 28 heavy (non-hydrogen) atoms. The minimum atomic E-state index is -0.305. The number of allylic oxidation sites excluding steroid dienone is 2. The molecule has 1 atom stereocenters. The molecule has 5 nitrogen and oxygen atoms in total. The monoisotopic (exact) mass is 377 g/mol. The fourth-order valence-electron chi connectivity index (χ4n) is 4.31. The number of anilines is 1. The predicted octanol–water partition coefficient (Wildman–Crippen LogP) is 4.26. The standard InChI is InChI=1S/C23H23NO4/c1-23(2)12-19-22(20(27)13-23)18(14-3-7-16(25)8-4-14)11-21(28)24(19)15-5-9-17(26)10-6-15/h3-10,18,25-26H,11-13H2,1-2H3. The van der Waals surface area contributed by atoms with Gasteiger partial charge in [0.05, 0.1) is 0 Å². The molecule has 0 bridgehead atoms. The quantitative estimate of drug-likeness (QED) is 0.820. The highest BCUT2D eigenvalue weighted by Gasteiger charge is 2.44. The summed E-state index contributed by atoms with van der Waals surface area (Å²) < 4.78 is 0. The van der Waals surface area contributed by atoms with Crippen molar-refractivity contribution >= 4 is 17.4 Å². The van der Waals surface area contributed by atoms with E-state index in [1.165, 1.54) is 0 Å². The van der Waals surface area contributed by atoms with Gasteiger partial charge in [-0.15, -0.1) is 0 Å². The summed E-state index contributed by atoms with van der Waals surface area (Å²) >= 11 is 0. The highest BCUT2D eigenvalue weighted by molar-refractivity contribution is 6.07. The number of nitrogens with zero attached hydrogens (tertiary/aromatic N) is 1. The molecule has 144 valence electrons. The van der Waals surface area contributed by atoms with Crippen molar-refractivity contribution in [3.8, 4) is 11.5 Å². The highest BCUT2D eigenvalue weighted by atomic mass is 16.3. The van der Waals surface area contributed by atoms with Crippen molar-refractivity contribution in [3.63, 3.8) is 0 Å². The smallest absolute Gasteiger partial charge is 0.232 e. The Morgan fingerprint density at radius 3 is 2.07 bits per heavy atom. The van der Waals surface area contributed by atoms with Crippen LogP contribution < -0.4 is 4.90 Å². The molecular weight excluding hydrogens is 354 g/mol. The first kappa shape index (κ1) is 18.3. The van der Waals surface area contributed by atoms with Gasteiger partial charge in [0.15, 0.2) is 5.78 Å². The lowest BCUT2D eigenvalue weighted by Crippen LogP contribution is -2.43. The van der Waals surface area contributed by atoms with E-state index in [1.807, 2.05) is 13.8 Å². The fraction of sp³-hybridized carbons (Fsp3) is 0.304. The molecule has 2 N–H and O–H groups in total. The minimum Gasteiger partial charge on any atom is -0.508 e. The van der Waals surface area contributed by atoms with Gasteiger partial charge < -0.3 is 10.2 Å². The number of hydrogen-bond acceptors (Lipinski definition) is 4. The van der Waals surface area contributed by atoms with Crippen LogP contribution in [0.15, 0.2) is 59.8 Å². The zero-order valence-corrected chi connectivity index (χ0v) is 16.0. The average Bonchev–Trinajstić information content (AvgIpc) is 2.62. The topological polar surface area (TPSA) is 77.8 Å². The molecule has 0 radical (unpaired) electrons. The van der Waals surface area contributed by atoms with E-state index in [-0.39, 0.29) is 40.9 Å². The van der Waals surface area contributed by atoms with E-state index in [0.717, 1.165) is 11.3 Å². The second-order valence-electron chi connectivity index (χ2n) is 8.40. The van der Waals surface area contributed by atoms with Crippen molar-refractivity contribution in [2.45, 2.75) is 39.0 Å². The largest absolute Gasteiger partial charge is 0.508 e. The average molecular weight is 377 g/mol.